The van der Waals surface area contributed by atoms with Crippen LogP contribution in [0.3, 0.4) is 0 Å². The Hall–Kier alpha value is -1.59. The number of nitrogens with zero attached hydrogens (tertiary/aromatic N) is 2. The molecule has 154 valence electrons. The molecule has 2 fully saturated rings. The van der Waals surface area contributed by atoms with Gasteiger partial charge in [0, 0.05) is 25.2 Å². The molecule has 3 atom stereocenters. The molecule has 1 aromatic carbocycles. The summed E-state index contributed by atoms with van der Waals surface area (Å²) in [5, 5.41) is 11.0. The maximum atomic E-state index is 12.5. The minimum Gasteiger partial charge on any atom is -0.482 e. The van der Waals surface area contributed by atoms with Gasteiger partial charge in [0.15, 0.2) is 6.61 Å². The van der Waals surface area contributed by atoms with Gasteiger partial charge in [-0.3, -0.25) is 9.69 Å². The topological polar surface area (TPSA) is 53.0 Å². The molecule has 4 rings (SSSR count). The van der Waals surface area contributed by atoms with E-state index in [0.29, 0.717) is 18.0 Å². The van der Waals surface area contributed by atoms with E-state index in [-0.39, 0.29) is 12.5 Å². The van der Waals surface area contributed by atoms with Gasteiger partial charge in [0.25, 0.3) is 5.91 Å². The van der Waals surface area contributed by atoms with E-state index in [1.54, 1.807) is 0 Å². The number of carbonyl (C=O) groups excluding carboxylic acids is 1. The SMILES string of the molecule is CCCCC1(O)CC2CCC(C1)N2C[C@@H](C)CN1C(=O)COc2ccccc21. The number of benzene rings is 1. The fraction of sp³-hybridized carbons (Fsp3) is 0.696. The molecule has 0 radical (unpaired) electrons. The van der Waals surface area contributed by atoms with E-state index in [9.17, 15) is 9.90 Å². The summed E-state index contributed by atoms with van der Waals surface area (Å²) in [6.45, 7) is 6.27. The molecule has 5 nitrogen and oxygen atoms in total. The van der Waals surface area contributed by atoms with E-state index in [2.05, 4.69) is 18.7 Å². The first-order valence-corrected chi connectivity index (χ1v) is 11.0. The second kappa shape index (κ2) is 8.03. The molecule has 1 aromatic rings. The minimum atomic E-state index is -0.458. The number of piperidine rings is 1. The van der Waals surface area contributed by atoms with Crippen LogP contribution in [0.4, 0.5) is 5.69 Å². The number of fused-ring (bicyclic) bond motifs is 3. The first-order chi connectivity index (χ1) is 13.5. The molecule has 0 aromatic heterocycles. The van der Waals surface area contributed by atoms with Crippen molar-refractivity contribution >= 4 is 11.6 Å². The summed E-state index contributed by atoms with van der Waals surface area (Å²) in [4.78, 5) is 17.0. The van der Waals surface area contributed by atoms with Crippen LogP contribution >= 0.6 is 0 Å². The van der Waals surface area contributed by atoms with E-state index in [1.165, 1.54) is 12.8 Å². The molecule has 1 amide bonds. The summed E-state index contributed by atoms with van der Waals surface area (Å²) in [7, 11) is 0. The Morgan fingerprint density at radius 1 is 1.21 bits per heavy atom. The zero-order valence-electron chi connectivity index (χ0n) is 17.3. The van der Waals surface area contributed by atoms with Gasteiger partial charge < -0.3 is 14.7 Å². The van der Waals surface area contributed by atoms with Gasteiger partial charge in [0.2, 0.25) is 0 Å². The van der Waals surface area contributed by atoms with Crippen LogP contribution in [0.5, 0.6) is 5.75 Å². The highest BCUT2D eigenvalue weighted by Gasteiger charge is 2.47. The normalized spacial score (nSPS) is 30.8. The van der Waals surface area contributed by atoms with Crippen LogP contribution in [0.1, 0.15) is 58.8 Å². The van der Waals surface area contributed by atoms with Crippen LogP contribution < -0.4 is 9.64 Å². The molecule has 0 spiro atoms. The summed E-state index contributed by atoms with van der Waals surface area (Å²) < 4.78 is 5.57. The second-order valence-electron chi connectivity index (χ2n) is 9.18. The minimum absolute atomic E-state index is 0.0427. The molecule has 2 bridgehead atoms. The molecular weight excluding hydrogens is 352 g/mol. The summed E-state index contributed by atoms with van der Waals surface area (Å²) in [6.07, 6.45) is 7.43. The Balaban J connectivity index is 1.39. The van der Waals surface area contributed by atoms with Crippen molar-refractivity contribution < 1.29 is 14.6 Å². The van der Waals surface area contributed by atoms with E-state index in [0.717, 1.165) is 56.6 Å². The Kier molecular flexibility index (Phi) is 5.66. The molecular formula is C23H34N2O3. The van der Waals surface area contributed by atoms with Crippen LogP contribution in [0.25, 0.3) is 0 Å². The van der Waals surface area contributed by atoms with Crippen LogP contribution in [-0.4, -0.2) is 53.3 Å². The Morgan fingerprint density at radius 2 is 1.93 bits per heavy atom. The van der Waals surface area contributed by atoms with Gasteiger partial charge in [-0.25, -0.2) is 0 Å². The quantitative estimate of drug-likeness (QED) is 0.778. The van der Waals surface area contributed by atoms with Crippen molar-refractivity contribution in [3.63, 3.8) is 0 Å². The van der Waals surface area contributed by atoms with Crippen LogP contribution in [0.2, 0.25) is 0 Å². The molecule has 0 aliphatic carbocycles. The van der Waals surface area contributed by atoms with E-state index < -0.39 is 5.60 Å². The maximum absolute atomic E-state index is 12.5. The molecule has 2 saturated heterocycles. The van der Waals surface area contributed by atoms with Crippen LogP contribution in [-0.2, 0) is 4.79 Å². The van der Waals surface area contributed by atoms with Gasteiger partial charge in [0.1, 0.15) is 5.75 Å². The lowest BCUT2D eigenvalue weighted by Crippen LogP contribution is -2.53. The lowest BCUT2D eigenvalue weighted by molar-refractivity contribution is -0.121. The average Bonchev–Trinajstić information content (AvgIpc) is 2.93. The van der Waals surface area contributed by atoms with Crippen molar-refractivity contribution in [3.8, 4) is 5.75 Å². The van der Waals surface area contributed by atoms with Crippen molar-refractivity contribution in [2.75, 3.05) is 24.6 Å². The number of amides is 1. The largest absolute Gasteiger partial charge is 0.482 e. The smallest absolute Gasteiger partial charge is 0.265 e. The predicted octanol–water partition coefficient (Wildman–Crippen LogP) is 3.60. The second-order valence-corrected chi connectivity index (χ2v) is 9.18. The van der Waals surface area contributed by atoms with Gasteiger partial charge in [-0.05, 0) is 50.2 Å². The third kappa shape index (κ3) is 3.92. The van der Waals surface area contributed by atoms with Gasteiger partial charge in [-0.15, -0.1) is 0 Å². The van der Waals surface area contributed by atoms with Crippen molar-refractivity contribution in [2.45, 2.75) is 76.5 Å². The maximum Gasteiger partial charge on any atom is 0.265 e. The number of anilines is 1. The first kappa shape index (κ1) is 19.7. The fourth-order valence-corrected chi connectivity index (χ4v) is 5.51. The van der Waals surface area contributed by atoms with Crippen LogP contribution in [0, 0.1) is 5.92 Å². The number of rotatable bonds is 7. The van der Waals surface area contributed by atoms with Gasteiger partial charge in [0.05, 0.1) is 11.3 Å². The zero-order valence-corrected chi connectivity index (χ0v) is 17.3. The number of para-hydroxylation sites is 2. The van der Waals surface area contributed by atoms with E-state index in [4.69, 9.17) is 4.74 Å². The summed E-state index contributed by atoms with van der Waals surface area (Å²) >= 11 is 0. The molecule has 1 N–H and O–H groups in total. The number of unbranched alkanes of at least 4 members (excludes halogenated alkanes) is 1. The summed E-state index contributed by atoms with van der Waals surface area (Å²) in [6, 6.07) is 8.80. The van der Waals surface area contributed by atoms with E-state index in [1.807, 2.05) is 29.2 Å². The van der Waals surface area contributed by atoms with Crippen LogP contribution in [0.15, 0.2) is 24.3 Å². The molecule has 0 saturated carbocycles. The number of hydrogen-bond donors (Lipinski definition) is 1. The lowest BCUT2D eigenvalue weighted by atomic mass is 9.82. The third-order valence-corrected chi connectivity index (χ3v) is 6.82. The molecule has 2 unspecified atom stereocenters. The molecule has 3 aliphatic heterocycles. The van der Waals surface area contributed by atoms with Crippen molar-refractivity contribution in [2.24, 2.45) is 5.92 Å². The molecule has 28 heavy (non-hydrogen) atoms. The number of aliphatic hydroxyl groups is 1. The highest BCUT2D eigenvalue weighted by Crippen LogP contribution is 2.43. The average molecular weight is 387 g/mol. The summed E-state index contributed by atoms with van der Waals surface area (Å²) in [5.41, 5.74) is 0.432. The monoisotopic (exact) mass is 386 g/mol. The van der Waals surface area contributed by atoms with E-state index >= 15 is 0 Å². The first-order valence-electron chi connectivity index (χ1n) is 11.0. The number of hydrogen-bond acceptors (Lipinski definition) is 4. The number of ether oxygens (including phenoxy) is 1. The molecule has 5 heteroatoms. The lowest BCUT2D eigenvalue weighted by Gasteiger charge is -2.45. The van der Waals surface area contributed by atoms with Gasteiger partial charge in [-0.2, -0.15) is 0 Å². The summed E-state index contributed by atoms with van der Waals surface area (Å²) in [5.74, 6) is 1.22. The Labute approximate surface area is 168 Å². The van der Waals surface area contributed by atoms with Gasteiger partial charge in [-0.1, -0.05) is 38.8 Å². The standard InChI is InChI=1S/C23H34N2O3/c1-3-4-11-23(27)12-18-9-10-19(13-23)24(18)14-17(2)15-25-20-7-5-6-8-21(20)28-16-22(25)26/h5-8,17-19,27H,3-4,9-16H2,1-2H3/t17-,18?,19?,23?/m1/s1. The fourth-order valence-electron chi connectivity index (χ4n) is 5.51. The highest BCUT2D eigenvalue weighted by atomic mass is 16.5. The zero-order chi connectivity index (χ0) is 19.7. The predicted molar refractivity (Wildman–Crippen MR) is 111 cm³/mol. The van der Waals surface area contributed by atoms with Gasteiger partial charge >= 0.3 is 0 Å². The van der Waals surface area contributed by atoms with Crippen molar-refractivity contribution in [1.82, 2.24) is 4.90 Å². The Morgan fingerprint density at radius 3 is 2.64 bits per heavy atom. The molecule has 3 aliphatic rings. The van der Waals surface area contributed by atoms with Crippen molar-refractivity contribution in [1.29, 1.82) is 0 Å². The number of carbonyl (C=O) groups is 1. The van der Waals surface area contributed by atoms with Crippen molar-refractivity contribution in [3.05, 3.63) is 24.3 Å². The third-order valence-electron chi connectivity index (χ3n) is 6.82. The highest BCUT2D eigenvalue weighted by molar-refractivity contribution is 5.97. The molecule has 3 heterocycles. The Bertz CT molecular complexity index is 693.